The van der Waals surface area contributed by atoms with Crippen LogP contribution >= 0.6 is 22.9 Å². The first kappa shape index (κ1) is 13.3. The van der Waals surface area contributed by atoms with E-state index in [0.717, 1.165) is 35.3 Å². The van der Waals surface area contributed by atoms with Crippen molar-refractivity contribution >= 4 is 22.9 Å². The Labute approximate surface area is 112 Å². The lowest BCUT2D eigenvalue weighted by atomic mass is 10.1. The highest BCUT2D eigenvalue weighted by Crippen LogP contribution is 2.31. The Kier molecular flexibility index (Phi) is 4.44. The van der Waals surface area contributed by atoms with Crippen molar-refractivity contribution in [2.45, 2.75) is 18.6 Å². The number of thiophene rings is 1. The van der Waals surface area contributed by atoms with Gasteiger partial charge in [-0.3, -0.25) is 4.90 Å². The number of hydrogen-bond donors (Lipinski definition) is 1. The molecule has 0 radical (unpaired) electrons. The predicted octanol–water partition coefficient (Wildman–Crippen LogP) is 2.07. The fourth-order valence-corrected chi connectivity index (χ4v) is 3.43. The third kappa shape index (κ3) is 3.20. The van der Waals surface area contributed by atoms with Crippen molar-refractivity contribution in [3.05, 3.63) is 21.3 Å². The van der Waals surface area contributed by atoms with Crippen molar-refractivity contribution in [3.8, 4) is 0 Å². The zero-order chi connectivity index (χ0) is 12.4. The molecule has 1 aromatic heterocycles. The Balaban J connectivity index is 2.13. The number of likely N-dealkylation sites (N-methyl/N-ethyl adjacent to an activating group) is 2. The monoisotopic (exact) mass is 274 g/mol. The second kappa shape index (κ2) is 5.67. The van der Waals surface area contributed by atoms with E-state index in [9.17, 15) is 5.11 Å². The van der Waals surface area contributed by atoms with Crippen molar-refractivity contribution in [1.82, 2.24) is 9.80 Å². The van der Waals surface area contributed by atoms with Crippen LogP contribution in [0.4, 0.5) is 0 Å². The number of aliphatic hydroxyl groups excluding tert-OH is 1. The second-order valence-corrected chi connectivity index (χ2v) is 6.50. The van der Waals surface area contributed by atoms with Crippen molar-refractivity contribution in [1.29, 1.82) is 0 Å². The van der Waals surface area contributed by atoms with Crippen molar-refractivity contribution < 1.29 is 5.11 Å². The van der Waals surface area contributed by atoms with Gasteiger partial charge in [0, 0.05) is 11.4 Å². The maximum atomic E-state index is 10.5. The van der Waals surface area contributed by atoms with Crippen LogP contribution in [0.2, 0.25) is 4.34 Å². The average Bonchev–Trinajstić information content (AvgIpc) is 2.64. The molecule has 1 aliphatic rings. The molecule has 0 aliphatic carbocycles. The lowest BCUT2D eigenvalue weighted by Gasteiger charge is -2.31. The van der Waals surface area contributed by atoms with E-state index >= 15 is 0 Å². The van der Waals surface area contributed by atoms with E-state index in [1.54, 1.807) is 0 Å². The predicted molar refractivity (Wildman–Crippen MR) is 72.8 cm³/mol. The molecule has 1 N–H and O–H groups in total. The molecule has 0 bridgehead atoms. The first-order valence-electron chi connectivity index (χ1n) is 5.90. The molecule has 2 unspecified atom stereocenters. The summed E-state index contributed by atoms with van der Waals surface area (Å²) in [4.78, 5) is 5.50. The fraction of sp³-hybridized carbons (Fsp3) is 0.667. The third-order valence-electron chi connectivity index (χ3n) is 3.37. The summed E-state index contributed by atoms with van der Waals surface area (Å²) < 4.78 is 0.740. The molecule has 96 valence electrons. The molecule has 1 fully saturated rings. The van der Waals surface area contributed by atoms with Crippen LogP contribution in [-0.2, 0) is 0 Å². The van der Waals surface area contributed by atoms with Gasteiger partial charge in [-0.15, -0.1) is 11.3 Å². The highest BCUT2D eigenvalue weighted by Gasteiger charge is 2.28. The van der Waals surface area contributed by atoms with E-state index in [1.165, 1.54) is 11.3 Å². The van der Waals surface area contributed by atoms with Crippen LogP contribution in [0, 0.1) is 0 Å². The van der Waals surface area contributed by atoms with Crippen molar-refractivity contribution in [3.63, 3.8) is 0 Å². The minimum atomic E-state index is -0.446. The van der Waals surface area contributed by atoms with Gasteiger partial charge in [0.15, 0.2) is 0 Å². The Morgan fingerprint density at radius 2 is 2.18 bits per heavy atom. The van der Waals surface area contributed by atoms with Crippen LogP contribution in [0.5, 0.6) is 0 Å². The quantitative estimate of drug-likeness (QED) is 0.894. The van der Waals surface area contributed by atoms with Gasteiger partial charge in [0.25, 0.3) is 0 Å². The maximum Gasteiger partial charge on any atom is 0.105 e. The normalized spacial score (nSPS) is 25.8. The lowest BCUT2D eigenvalue weighted by molar-refractivity contribution is 0.0596. The number of aliphatic hydroxyl groups is 1. The Morgan fingerprint density at radius 3 is 2.82 bits per heavy atom. The zero-order valence-electron chi connectivity index (χ0n) is 10.3. The summed E-state index contributed by atoms with van der Waals surface area (Å²) in [6.45, 7) is 3.02. The first-order chi connectivity index (χ1) is 8.08. The van der Waals surface area contributed by atoms with Crippen LogP contribution in [0.15, 0.2) is 12.1 Å². The second-order valence-electron chi connectivity index (χ2n) is 4.75. The topological polar surface area (TPSA) is 26.7 Å². The number of halogens is 1. The number of nitrogens with zero attached hydrogens (tertiary/aromatic N) is 2. The molecule has 2 rings (SSSR count). The standard InChI is InChI=1S/C12H19ClN2OS/c1-14-6-3-7-15(2)9(8-14)12(16)10-4-5-11(13)17-10/h4-5,9,12,16H,3,6-8H2,1-2H3. The van der Waals surface area contributed by atoms with Crippen molar-refractivity contribution in [2.75, 3.05) is 33.7 Å². The van der Waals surface area contributed by atoms with E-state index in [2.05, 4.69) is 23.9 Å². The summed E-state index contributed by atoms with van der Waals surface area (Å²) in [6.07, 6.45) is 0.708. The van der Waals surface area contributed by atoms with Gasteiger partial charge in [-0.25, -0.2) is 0 Å². The number of rotatable bonds is 2. The Bertz CT molecular complexity index is 371. The van der Waals surface area contributed by atoms with E-state index < -0.39 is 6.10 Å². The molecule has 1 aromatic rings. The van der Waals surface area contributed by atoms with Gasteiger partial charge in [-0.05, 0) is 45.7 Å². The molecule has 0 amide bonds. The lowest BCUT2D eigenvalue weighted by Crippen LogP contribution is -2.41. The summed E-state index contributed by atoms with van der Waals surface area (Å²) in [6, 6.07) is 3.93. The first-order valence-corrected chi connectivity index (χ1v) is 7.09. The summed E-state index contributed by atoms with van der Waals surface area (Å²) in [7, 11) is 4.20. The smallest absolute Gasteiger partial charge is 0.105 e. The van der Waals surface area contributed by atoms with Crippen LogP contribution in [0.25, 0.3) is 0 Å². The summed E-state index contributed by atoms with van der Waals surface area (Å²) in [5.74, 6) is 0. The van der Waals surface area contributed by atoms with Crippen LogP contribution in [0.1, 0.15) is 17.4 Å². The van der Waals surface area contributed by atoms with Crippen LogP contribution in [-0.4, -0.2) is 54.7 Å². The van der Waals surface area contributed by atoms with Crippen molar-refractivity contribution in [2.24, 2.45) is 0 Å². The largest absolute Gasteiger partial charge is 0.386 e. The van der Waals surface area contributed by atoms with E-state index in [4.69, 9.17) is 11.6 Å². The molecule has 17 heavy (non-hydrogen) atoms. The van der Waals surface area contributed by atoms with Gasteiger partial charge in [0.1, 0.15) is 6.10 Å². The molecule has 0 aromatic carbocycles. The zero-order valence-corrected chi connectivity index (χ0v) is 11.8. The summed E-state index contributed by atoms with van der Waals surface area (Å²) >= 11 is 7.39. The Morgan fingerprint density at radius 1 is 1.41 bits per heavy atom. The molecule has 0 spiro atoms. The average molecular weight is 275 g/mol. The Hall–Kier alpha value is -0.130. The molecule has 5 heteroatoms. The van der Waals surface area contributed by atoms with Gasteiger partial charge >= 0.3 is 0 Å². The minimum absolute atomic E-state index is 0.150. The fourth-order valence-electron chi connectivity index (χ4n) is 2.32. The minimum Gasteiger partial charge on any atom is -0.386 e. The molecule has 1 aliphatic heterocycles. The van der Waals surface area contributed by atoms with Crippen LogP contribution < -0.4 is 0 Å². The highest BCUT2D eigenvalue weighted by molar-refractivity contribution is 7.16. The SMILES string of the molecule is CN1CCCN(C)C(C(O)c2ccc(Cl)s2)C1. The molecular formula is C12H19ClN2OS. The van der Waals surface area contributed by atoms with E-state index in [-0.39, 0.29) is 6.04 Å². The van der Waals surface area contributed by atoms with E-state index in [1.807, 2.05) is 12.1 Å². The molecule has 2 atom stereocenters. The molecule has 1 saturated heterocycles. The van der Waals surface area contributed by atoms with Gasteiger partial charge in [-0.2, -0.15) is 0 Å². The van der Waals surface area contributed by atoms with Gasteiger partial charge in [0.05, 0.1) is 10.4 Å². The molecule has 3 nitrogen and oxygen atoms in total. The van der Waals surface area contributed by atoms with E-state index in [0.29, 0.717) is 0 Å². The number of hydrogen-bond acceptors (Lipinski definition) is 4. The summed E-state index contributed by atoms with van der Waals surface area (Å²) in [5.41, 5.74) is 0. The van der Waals surface area contributed by atoms with Gasteiger partial charge < -0.3 is 10.0 Å². The highest BCUT2D eigenvalue weighted by atomic mass is 35.5. The summed E-state index contributed by atoms with van der Waals surface area (Å²) in [5, 5.41) is 10.5. The van der Waals surface area contributed by atoms with Gasteiger partial charge in [0.2, 0.25) is 0 Å². The third-order valence-corrected chi connectivity index (χ3v) is 4.67. The van der Waals surface area contributed by atoms with Gasteiger partial charge in [-0.1, -0.05) is 11.6 Å². The van der Waals surface area contributed by atoms with Crippen LogP contribution in [0.3, 0.4) is 0 Å². The maximum absolute atomic E-state index is 10.5. The molecular weight excluding hydrogens is 256 g/mol. The molecule has 2 heterocycles. The molecule has 0 saturated carbocycles.